The van der Waals surface area contributed by atoms with Crippen LogP contribution in [0, 0.1) is 10.1 Å². The van der Waals surface area contributed by atoms with Gasteiger partial charge in [0.1, 0.15) is 5.69 Å². The number of anilines is 1. The van der Waals surface area contributed by atoms with Gasteiger partial charge in [-0.25, -0.2) is 0 Å². The van der Waals surface area contributed by atoms with Gasteiger partial charge >= 0.3 is 0 Å². The van der Waals surface area contributed by atoms with E-state index in [1.54, 1.807) is 12.1 Å². The number of carbonyl (C=O) groups is 2. The average molecular weight is 360 g/mol. The maximum absolute atomic E-state index is 12.2. The van der Waals surface area contributed by atoms with E-state index in [2.05, 4.69) is 10.6 Å². The summed E-state index contributed by atoms with van der Waals surface area (Å²) < 4.78 is 0. The van der Waals surface area contributed by atoms with Crippen molar-refractivity contribution in [3.63, 3.8) is 0 Å². The van der Waals surface area contributed by atoms with Crippen LogP contribution in [-0.2, 0) is 4.79 Å². The van der Waals surface area contributed by atoms with Crippen LogP contribution in [0.5, 0.6) is 0 Å². The van der Waals surface area contributed by atoms with Crippen LogP contribution in [0.15, 0.2) is 18.2 Å². The highest BCUT2D eigenvalue weighted by Gasteiger charge is 2.24. The fourth-order valence-corrected chi connectivity index (χ4v) is 3.16. The Morgan fingerprint density at radius 3 is 2.46 bits per heavy atom. The molecule has 0 atom stereocenters. The highest BCUT2D eigenvalue weighted by molar-refractivity contribution is 5.97. The number of hydrogen-bond donors (Lipinski definition) is 2. The lowest BCUT2D eigenvalue weighted by Crippen LogP contribution is -2.37. The molecule has 3 rings (SSSR count). The van der Waals surface area contributed by atoms with Gasteiger partial charge in [-0.3, -0.25) is 19.7 Å². The summed E-state index contributed by atoms with van der Waals surface area (Å²) in [6.07, 6.45) is 6.24. The second-order valence-corrected chi connectivity index (χ2v) is 6.89. The van der Waals surface area contributed by atoms with Gasteiger partial charge in [-0.1, -0.05) is 12.8 Å². The Kier molecular flexibility index (Phi) is 5.70. The molecule has 2 N–H and O–H groups in total. The first kappa shape index (κ1) is 18.2. The van der Waals surface area contributed by atoms with Gasteiger partial charge < -0.3 is 15.5 Å². The first-order valence-electron chi connectivity index (χ1n) is 9.15. The SMILES string of the molecule is O=C(CNC(=O)c1ccc(N2CCCCCC2)c([N+](=O)[O-])c1)NC1CC1. The number of nitrogens with zero attached hydrogens (tertiary/aromatic N) is 2. The van der Waals surface area contributed by atoms with Crippen LogP contribution in [-0.4, -0.2) is 42.4 Å². The molecule has 0 bridgehead atoms. The van der Waals surface area contributed by atoms with Crippen LogP contribution in [0.4, 0.5) is 11.4 Å². The Hall–Kier alpha value is -2.64. The van der Waals surface area contributed by atoms with Gasteiger partial charge in [-0.2, -0.15) is 0 Å². The van der Waals surface area contributed by atoms with Crippen LogP contribution in [0.3, 0.4) is 0 Å². The second kappa shape index (κ2) is 8.16. The summed E-state index contributed by atoms with van der Waals surface area (Å²) in [6.45, 7) is 1.44. The predicted molar refractivity (Wildman–Crippen MR) is 97.3 cm³/mol. The van der Waals surface area contributed by atoms with Crippen molar-refractivity contribution in [1.29, 1.82) is 0 Å². The molecule has 1 aromatic carbocycles. The van der Waals surface area contributed by atoms with E-state index in [-0.39, 0.29) is 29.7 Å². The third kappa shape index (κ3) is 4.71. The van der Waals surface area contributed by atoms with E-state index >= 15 is 0 Å². The van der Waals surface area contributed by atoms with Gasteiger partial charge in [0.15, 0.2) is 0 Å². The van der Waals surface area contributed by atoms with Gasteiger partial charge in [0.25, 0.3) is 11.6 Å². The normalized spacial score (nSPS) is 17.3. The minimum atomic E-state index is -0.485. The van der Waals surface area contributed by atoms with Gasteiger partial charge in [0.2, 0.25) is 5.91 Å². The summed E-state index contributed by atoms with van der Waals surface area (Å²) in [6, 6.07) is 4.76. The van der Waals surface area contributed by atoms with Gasteiger partial charge in [0.05, 0.1) is 11.5 Å². The Bertz CT molecular complexity index is 694. The number of nitrogens with one attached hydrogen (secondary N) is 2. The van der Waals surface area contributed by atoms with E-state index < -0.39 is 10.8 Å². The van der Waals surface area contributed by atoms with Crippen molar-refractivity contribution in [2.75, 3.05) is 24.5 Å². The van der Waals surface area contributed by atoms with Crippen molar-refractivity contribution < 1.29 is 14.5 Å². The maximum Gasteiger partial charge on any atom is 0.293 e. The Balaban J connectivity index is 1.69. The van der Waals surface area contributed by atoms with E-state index in [0.29, 0.717) is 5.69 Å². The molecule has 0 unspecified atom stereocenters. The molecule has 1 aromatic rings. The average Bonchev–Trinajstić information content (AvgIpc) is 3.46. The highest BCUT2D eigenvalue weighted by atomic mass is 16.6. The highest BCUT2D eigenvalue weighted by Crippen LogP contribution is 2.31. The number of hydrogen-bond acceptors (Lipinski definition) is 5. The van der Waals surface area contributed by atoms with Crippen LogP contribution >= 0.6 is 0 Å². The molecule has 1 aliphatic carbocycles. The molecule has 26 heavy (non-hydrogen) atoms. The van der Waals surface area contributed by atoms with Crippen molar-refractivity contribution in [1.82, 2.24) is 10.6 Å². The Morgan fingerprint density at radius 1 is 1.15 bits per heavy atom. The minimum absolute atomic E-state index is 0.0676. The number of nitro groups is 1. The zero-order chi connectivity index (χ0) is 18.5. The van der Waals surface area contributed by atoms with Crippen molar-refractivity contribution in [3.8, 4) is 0 Å². The molecule has 0 radical (unpaired) electrons. The van der Waals surface area contributed by atoms with Crippen molar-refractivity contribution in [2.24, 2.45) is 0 Å². The molecular formula is C18H24N4O4. The fraction of sp³-hybridized carbons (Fsp3) is 0.556. The quantitative estimate of drug-likeness (QED) is 0.596. The zero-order valence-electron chi connectivity index (χ0n) is 14.7. The second-order valence-electron chi connectivity index (χ2n) is 6.89. The number of amides is 2. The number of carbonyl (C=O) groups excluding carboxylic acids is 2. The molecule has 1 saturated carbocycles. The predicted octanol–water partition coefficient (Wildman–Crippen LogP) is 1.98. The fourth-order valence-electron chi connectivity index (χ4n) is 3.16. The standard InChI is InChI=1S/C18H24N4O4/c23-17(20-14-6-7-14)12-19-18(24)13-5-8-15(16(11-13)22(25)26)21-9-3-1-2-4-10-21/h5,8,11,14H,1-4,6-7,9-10,12H2,(H,19,24)(H,20,23). The molecule has 0 spiro atoms. The first-order chi connectivity index (χ1) is 12.5. The van der Waals surface area contributed by atoms with Crippen molar-refractivity contribution in [2.45, 2.75) is 44.6 Å². The molecule has 2 aliphatic rings. The van der Waals surface area contributed by atoms with E-state index in [1.807, 2.05) is 4.90 Å². The summed E-state index contributed by atoms with van der Waals surface area (Å²) in [5, 5.41) is 16.8. The minimum Gasteiger partial charge on any atom is -0.366 e. The number of rotatable bonds is 6. The maximum atomic E-state index is 12.2. The van der Waals surface area contributed by atoms with E-state index in [1.165, 1.54) is 6.07 Å². The molecule has 2 amide bonds. The molecule has 1 saturated heterocycles. The van der Waals surface area contributed by atoms with E-state index in [9.17, 15) is 19.7 Å². The monoisotopic (exact) mass is 360 g/mol. The molecule has 2 fully saturated rings. The lowest BCUT2D eigenvalue weighted by atomic mass is 10.1. The van der Waals surface area contributed by atoms with E-state index in [0.717, 1.165) is 51.6 Å². The summed E-state index contributed by atoms with van der Waals surface area (Å²) in [5.74, 6) is -0.724. The molecule has 1 aliphatic heterocycles. The molecule has 140 valence electrons. The third-order valence-corrected chi connectivity index (χ3v) is 4.73. The summed E-state index contributed by atoms with van der Waals surface area (Å²) in [4.78, 5) is 37.0. The lowest BCUT2D eigenvalue weighted by molar-refractivity contribution is -0.384. The topological polar surface area (TPSA) is 105 Å². The summed E-state index contributed by atoms with van der Waals surface area (Å²) in [5.41, 5.74) is 0.677. The molecule has 8 heteroatoms. The largest absolute Gasteiger partial charge is 0.366 e. The van der Waals surface area contributed by atoms with Crippen molar-refractivity contribution in [3.05, 3.63) is 33.9 Å². The van der Waals surface area contributed by atoms with E-state index in [4.69, 9.17) is 0 Å². The molecule has 0 aromatic heterocycles. The van der Waals surface area contributed by atoms with Gasteiger partial charge in [0, 0.05) is 30.8 Å². The molecule has 8 nitrogen and oxygen atoms in total. The Labute approximate surface area is 152 Å². The van der Waals surface area contributed by atoms with Gasteiger partial charge in [-0.05, 0) is 37.8 Å². The zero-order valence-corrected chi connectivity index (χ0v) is 14.7. The summed E-state index contributed by atoms with van der Waals surface area (Å²) >= 11 is 0. The molecule has 1 heterocycles. The summed E-state index contributed by atoms with van der Waals surface area (Å²) in [7, 11) is 0. The van der Waals surface area contributed by atoms with Crippen LogP contribution < -0.4 is 15.5 Å². The smallest absolute Gasteiger partial charge is 0.293 e. The van der Waals surface area contributed by atoms with Crippen LogP contribution in [0.25, 0.3) is 0 Å². The third-order valence-electron chi connectivity index (χ3n) is 4.73. The molecular weight excluding hydrogens is 336 g/mol. The van der Waals surface area contributed by atoms with Crippen molar-refractivity contribution >= 4 is 23.2 Å². The lowest BCUT2D eigenvalue weighted by Gasteiger charge is -2.22. The first-order valence-corrected chi connectivity index (χ1v) is 9.15. The number of nitro benzene ring substituents is 1. The number of benzene rings is 1. The van der Waals surface area contributed by atoms with Gasteiger partial charge in [-0.15, -0.1) is 0 Å². The van der Waals surface area contributed by atoms with Crippen LogP contribution in [0.1, 0.15) is 48.9 Å². The van der Waals surface area contributed by atoms with Crippen LogP contribution in [0.2, 0.25) is 0 Å². The Morgan fingerprint density at radius 2 is 1.85 bits per heavy atom.